The van der Waals surface area contributed by atoms with Gasteiger partial charge in [-0.15, -0.1) is 0 Å². The highest BCUT2D eigenvalue weighted by molar-refractivity contribution is 5.89. The molecule has 0 aromatic heterocycles. The molecule has 0 aliphatic carbocycles. The van der Waals surface area contributed by atoms with E-state index >= 15 is 0 Å². The van der Waals surface area contributed by atoms with Gasteiger partial charge in [0.1, 0.15) is 5.75 Å². The third-order valence-corrected chi connectivity index (χ3v) is 4.25. The van der Waals surface area contributed by atoms with Crippen molar-refractivity contribution in [3.05, 3.63) is 64.2 Å². The average Bonchev–Trinajstić information content (AvgIpc) is 2.54. The van der Waals surface area contributed by atoms with Crippen molar-refractivity contribution in [1.29, 1.82) is 0 Å². The Kier molecular flexibility index (Phi) is 5.97. The molecule has 0 saturated heterocycles. The molecule has 0 aliphatic rings. The summed E-state index contributed by atoms with van der Waals surface area (Å²) >= 11 is 0. The van der Waals surface area contributed by atoms with Gasteiger partial charge in [0.2, 0.25) is 0 Å². The second kappa shape index (κ2) is 7.97. The molecule has 25 heavy (non-hydrogen) atoms. The third-order valence-electron chi connectivity index (χ3n) is 4.25. The van der Waals surface area contributed by atoms with Gasteiger partial charge in [0.25, 0.3) is 6.47 Å². The molecule has 2 aromatic carbocycles. The quantitative estimate of drug-likeness (QED) is 0.738. The molecule has 2 aromatic rings. The molecule has 0 saturated carbocycles. The Morgan fingerprint density at radius 3 is 2.08 bits per heavy atom. The van der Waals surface area contributed by atoms with Crippen LogP contribution >= 0.6 is 0 Å². The molecule has 0 amide bonds. The van der Waals surface area contributed by atoms with E-state index in [-0.39, 0.29) is 11.8 Å². The SMILES string of the molecule is CC(C)c1ccc(Cc2ccc(C(C)C)c(C(=O)O)c2)cc1OC=O. The van der Waals surface area contributed by atoms with Crippen molar-refractivity contribution >= 4 is 12.4 Å². The molecule has 0 radical (unpaired) electrons. The predicted molar refractivity (Wildman–Crippen MR) is 97.5 cm³/mol. The van der Waals surface area contributed by atoms with Crippen molar-refractivity contribution in [3.8, 4) is 5.75 Å². The lowest BCUT2D eigenvalue weighted by molar-refractivity contribution is -0.120. The van der Waals surface area contributed by atoms with Gasteiger partial charge in [-0.25, -0.2) is 4.79 Å². The fourth-order valence-electron chi connectivity index (χ4n) is 2.96. The maximum absolute atomic E-state index is 11.5. The van der Waals surface area contributed by atoms with Crippen molar-refractivity contribution in [2.24, 2.45) is 0 Å². The highest BCUT2D eigenvalue weighted by Crippen LogP contribution is 2.29. The maximum Gasteiger partial charge on any atom is 0.335 e. The fourth-order valence-corrected chi connectivity index (χ4v) is 2.96. The molecule has 4 heteroatoms. The summed E-state index contributed by atoms with van der Waals surface area (Å²) in [6.45, 7) is 8.47. The van der Waals surface area contributed by atoms with Crippen molar-refractivity contribution in [2.45, 2.75) is 46.0 Å². The minimum absolute atomic E-state index is 0.151. The van der Waals surface area contributed by atoms with Crippen LogP contribution in [0.5, 0.6) is 5.75 Å². The van der Waals surface area contributed by atoms with Gasteiger partial charge in [0.15, 0.2) is 0 Å². The lowest BCUT2D eigenvalue weighted by Gasteiger charge is -2.14. The van der Waals surface area contributed by atoms with Crippen LogP contribution in [0, 0.1) is 0 Å². The van der Waals surface area contributed by atoms with Crippen LogP contribution < -0.4 is 4.74 Å². The van der Waals surface area contributed by atoms with Gasteiger partial charge in [-0.1, -0.05) is 52.0 Å². The molecular weight excluding hydrogens is 316 g/mol. The zero-order chi connectivity index (χ0) is 18.6. The smallest absolute Gasteiger partial charge is 0.335 e. The van der Waals surface area contributed by atoms with Crippen LogP contribution in [0.1, 0.15) is 72.1 Å². The molecule has 0 unspecified atom stereocenters. The van der Waals surface area contributed by atoms with Crippen LogP contribution in [0.25, 0.3) is 0 Å². The molecule has 0 fully saturated rings. The molecular formula is C21H24O4. The van der Waals surface area contributed by atoms with E-state index < -0.39 is 5.97 Å². The van der Waals surface area contributed by atoms with Crippen LogP contribution in [-0.4, -0.2) is 17.5 Å². The van der Waals surface area contributed by atoms with Crippen LogP contribution in [0.15, 0.2) is 36.4 Å². The number of carbonyl (C=O) groups is 2. The van der Waals surface area contributed by atoms with Crippen molar-refractivity contribution in [2.75, 3.05) is 0 Å². The number of carboxylic acids is 1. The van der Waals surface area contributed by atoms with E-state index in [2.05, 4.69) is 0 Å². The number of ether oxygens (including phenoxy) is 1. The first kappa shape index (κ1) is 18.7. The average molecular weight is 340 g/mol. The van der Waals surface area contributed by atoms with Crippen molar-refractivity contribution in [1.82, 2.24) is 0 Å². The van der Waals surface area contributed by atoms with E-state index in [0.717, 1.165) is 22.3 Å². The number of benzene rings is 2. The normalized spacial score (nSPS) is 11.0. The summed E-state index contributed by atoms with van der Waals surface area (Å²) in [4.78, 5) is 22.3. The Hall–Kier alpha value is -2.62. The number of carboxylic acid groups (broad SMARTS) is 1. The number of hydrogen-bond acceptors (Lipinski definition) is 3. The Bertz CT molecular complexity index is 775. The molecule has 4 nitrogen and oxygen atoms in total. The van der Waals surface area contributed by atoms with Crippen LogP contribution in [0.4, 0.5) is 0 Å². The molecule has 132 valence electrons. The van der Waals surface area contributed by atoms with E-state index in [1.54, 1.807) is 6.07 Å². The summed E-state index contributed by atoms with van der Waals surface area (Å²) in [7, 11) is 0. The van der Waals surface area contributed by atoms with E-state index in [9.17, 15) is 14.7 Å². The Morgan fingerprint density at radius 1 is 1.00 bits per heavy atom. The Labute approximate surface area is 148 Å². The predicted octanol–water partition coefficient (Wildman–Crippen LogP) is 4.76. The molecule has 0 bridgehead atoms. The van der Waals surface area contributed by atoms with Gasteiger partial charge in [0.05, 0.1) is 5.56 Å². The van der Waals surface area contributed by atoms with Crippen molar-refractivity contribution < 1.29 is 19.4 Å². The van der Waals surface area contributed by atoms with E-state index in [1.165, 1.54) is 0 Å². The topological polar surface area (TPSA) is 63.6 Å². The molecule has 0 heterocycles. The number of aromatic carboxylic acids is 1. The standard InChI is InChI=1S/C21H24O4/c1-13(2)17-7-5-15(10-19(17)21(23)24)9-16-6-8-18(14(3)4)20(11-16)25-12-22/h5-8,10-14H,9H2,1-4H3,(H,23,24). The fraction of sp³-hybridized carbons (Fsp3) is 0.333. The van der Waals surface area contributed by atoms with E-state index in [1.807, 2.05) is 58.0 Å². The van der Waals surface area contributed by atoms with Crippen LogP contribution in [-0.2, 0) is 11.2 Å². The zero-order valence-electron chi connectivity index (χ0n) is 15.1. The Morgan fingerprint density at radius 2 is 1.56 bits per heavy atom. The molecule has 0 aliphatic heterocycles. The minimum atomic E-state index is -0.911. The first-order chi connectivity index (χ1) is 11.8. The summed E-state index contributed by atoms with van der Waals surface area (Å²) in [6, 6.07) is 11.4. The third kappa shape index (κ3) is 4.47. The summed E-state index contributed by atoms with van der Waals surface area (Å²) in [5.74, 6) is 0.0384. The highest BCUT2D eigenvalue weighted by Gasteiger charge is 2.14. The lowest BCUT2D eigenvalue weighted by Crippen LogP contribution is -2.05. The number of hydrogen-bond donors (Lipinski definition) is 1. The van der Waals surface area contributed by atoms with Crippen LogP contribution in [0.3, 0.4) is 0 Å². The van der Waals surface area contributed by atoms with E-state index in [0.29, 0.717) is 24.2 Å². The zero-order valence-corrected chi connectivity index (χ0v) is 15.1. The van der Waals surface area contributed by atoms with Gasteiger partial charge in [-0.3, -0.25) is 4.79 Å². The lowest BCUT2D eigenvalue weighted by atomic mass is 9.92. The van der Waals surface area contributed by atoms with Gasteiger partial charge in [-0.05, 0) is 52.6 Å². The summed E-state index contributed by atoms with van der Waals surface area (Å²) in [6.07, 6.45) is 0.576. The monoisotopic (exact) mass is 340 g/mol. The van der Waals surface area contributed by atoms with Gasteiger partial charge in [-0.2, -0.15) is 0 Å². The summed E-state index contributed by atoms with van der Waals surface area (Å²) in [5.41, 5.74) is 4.02. The molecule has 1 N–H and O–H groups in total. The molecule has 0 spiro atoms. The molecule has 0 atom stereocenters. The summed E-state index contributed by atoms with van der Waals surface area (Å²) < 4.78 is 5.11. The second-order valence-corrected chi connectivity index (χ2v) is 6.80. The van der Waals surface area contributed by atoms with Gasteiger partial charge < -0.3 is 9.84 Å². The Balaban J connectivity index is 2.36. The van der Waals surface area contributed by atoms with Gasteiger partial charge in [0, 0.05) is 0 Å². The van der Waals surface area contributed by atoms with Crippen LogP contribution in [0.2, 0.25) is 0 Å². The number of rotatable bonds is 7. The summed E-state index contributed by atoms with van der Waals surface area (Å²) in [5, 5.41) is 9.46. The number of carbonyl (C=O) groups excluding carboxylic acids is 1. The maximum atomic E-state index is 11.5. The van der Waals surface area contributed by atoms with E-state index in [4.69, 9.17) is 4.74 Å². The first-order valence-corrected chi connectivity index (χ1v) is 8.42. The van der Waals surface area contributed by atoms with Crippen molar-refractivity contribution in [3.63, 3.8) is 0 Å². The highest BCUT2D eigenvalue weighted by atomic mass is 16.5. The first-order valence-electron chi connectivity index (χ1n) is 8.42. The molecule has 2 rings (SSSR count). The van der Waals surface area contributed by atoms with Gasteiger partial charge >= 0.3 is 5.97 Å². The second-order valence-electron chi connectivity index (χ2n) is 6.80. The minimum Gasteiger partial charge on any atom is -0.478 e. The largest absolute Gasteiger partial charge is 0.478 e.